The van der Waals surface area contributed by atoms with Crippen LogP contribution in [0.1, 0.15) is 16.1 Å². The molecule has 8 nitrogen and oxygen atoms in total. The molecule has 32 heavy (non-hydrogen) atoms. The molecule has 0 atom stereocenters. The molecular formula is C23H22FN5O3. The number of carbonyl (C=O) groups excluding carboxylic acids is 1. The highest BCUT2D eigenvalue weighted by Crippen LogP contribution is 2.24. The fourth-order valence-electron chi connectivity index (χ4n) is 4.22. The summed E-state index contributed by atoms with van der Waals surface area (Å²) in [7, 11) is 1.49. The van der Waals surface area contributed by atoms with Gasteiger partial charge in [-0.1, -0.05) is 12.1 Å². The van der Waals surface area contributed by atoms with Crippen molar-refractivity contribution in [3.8, 4) is 0 Å². The van der Waals surface area contributed by atoms with Crippen molar-refractivity contribution < 1.29 is 13.6 Å². The summed E-state index contributed by atoms with van der Waals surface area (Å²) in [5.74, 6) is -1.05. The van der Waals surface area contributed by atoms with Gasteiger partial charge < -0.3 is 19.6 Å². The molecule has 0 bridgehead atoms. The fourth-order valence-corrected chi connectivity index (χ4v) is 4.22. The maximum absolute atomic E-state index is 14.5. The molecule has 0 aliphatic carbocycles. The molecule has 1 aliphatic rings. The molecule has 0 spiro atoms. The Labute approximate surface area is 182 Å². The predicted octanol–water partition coefficient (Wildman–Crippen LogP) is 2.49. The van der Waals surface area contributed by atoms with E-state index in [1.807, 2.05) is 17.0 Å². The van der Waals surface area contributed by atoms with E-state index in [1.54, 1.807) is 12.3 Å². The second-order valence-electron chi connectivity index (χ2n) is 7.88. The SMILES string of the molecule is CNC(=O)c1ccc(N2CCN(Cc3ccc4c(c3)[nH]c(=O)c3cocc34)CC2)c(F)n1. The predicted molar refractivity (Wildman–Crippen MR) is 119 cm³/mol. The van der Waals surface area contributed by atoms with Crippen LogP contribution in [-0.4, -0.2) is 54.0 Å². The van der Waals surface area contributed by atoms with Crippen LogP contribution in [-0.2, 0) is 6.54 Å². The normalized spacial score (nSPS) is 14.9. The number of hydrogen-bond acceptors (Lipinski definition) is 6. The number of H-pyrrole nitrogens is 1. The van der Waals surface area contributed by atoms with Crippen LogP contribution in [0.3, 0.4) is 0 Å². The average molecular weight is 435 g/mol. The number of aromatic nitrogens is 2. The van der Waals surface area contributed by atoms with E-state index in [4.69, 9.17) is 4.42 Å². The average Bonchev–Trinajstić information content (AvgIpc) is 3.30. The minimum absolute atomic E-state index is 0.0643. The van der Waals surface area contributed by atoms with Crippen LogP contribution in [0.25, 0.3) is 21.7 Å². The third-order valence-electron chi connectivity index (χ3n) is 5.94. The summed E-state index contributed by atoms with van der Waals surface area (Å²) < 4.78 is 19.7. The number of furan rings is 1. The van der Waals surface area contributed by atoms with Crippen molar-refractivity contribution in [3.05, 3.63) is 70.4 Å². The molecule has 1 saturated heterocycles. The number of fused-ring (bicyclic) bond motifs is 3. The summed E-state index contributed by atoms with van der Waals surface area (Å²) in [6.07, 6.45) is 3.06. The molecule has 164 valence electrons. The number of nitrogens with one attached hydrogen (secondary N) is 2. The number of rotatable bonds is 4. The first-order chi connectivity index (χ1) is 15.5. The summed E-state index contributed by atoms with van der Waals surface area (Å²) in [6, 6.07) is 9.20. The summed E-state index contributed by atoms with van der Waals surface area (Å²) in [6.45, 7) is 3.54. The highest BCUT2D eigenvalue weighted by atomic mass is 19.1. The van der Waals surface area contributed by atoms with Gasteiger partial charge >= 0.3 is 0 Å². The maximum Gasteiger partial charge on any atom is 0.269 e. The first-order valence-electron chi connectivity index (χ1n) is 10.4. The Balaban J connectivity index is 1.28. The highest BCUT2D eigenvalue weighted by Gasteiger charge is 2.21. The molecule has 3 aromatic heterocycles. The first kappa shape index (κ1) is 20.2. The standard InChI is InChI=1S/C23H22FN5O3/c1-25-23(31)18-4-5-20(21(24)26-18)29-8-6-28(7-9-29)11-14-2-3-15-16-12-32-13-17(16)22(30)27-19(15)10-14/h2-5,10,12-13H,6-9,11H2,1H3,(H,25,31)(H,27,30). The van der Waals surface area contributed by atoms with E-state index >= 15 is 0 Å². The molecule has 1 aliphatic heterocycles. The lowest BCUT2D eigenvalue weighted by Gasteiger charge is -2.36. The monoisotopic (exact) mass is 435 g/mol. The molecule has 0 unspecified atom stereocenters. The third-order valence-corrected chi connectivity index (χ3v) is 5.94. The number of hydrogen-bond donors (Lipinski definition) is 2. The Morgan fingerprint density at radius 3 is 2.66 bits per heavy atom. The number of halogens is 1. The van der Waals surface area contributed by atoms with Crippen LogP contribution >= 0.6 is 0 Å². The van der Waals surface area contributed by atoms with Gasteiger partial charge in [0.2, 0.25) is 5.95 Å². The van der Waals surface area contributed by atoms with E-state index in [9.17, 15) is 14.0 Å². The summed E-state index contributed by atoms with van der Waals surface area (Å²) >= 11 is 0. The largest absolute Gasteiger partial charge is 0.471 e. The first-order valence-corrected chi connectivity index (χ1v) is 10.4. The number of benzene rings is 1. The van der Waals surface area contributed by atoms with Gasteiger partial charge in [-0.2, -0.15) is 4.39 Å². The third kappa shape index (κ3) is 3.60. The van der Waals surface area contributed by atoms with Crippen molar-refractivity contribution in [1.29, 1.82) is 0 Å². The van der Waals surface area contributed by atoms with Crippen LogP contribution < -0.4 is 15.8 Å². The number of piperazine rings is 1. The second kappa shape index (κ2) is 8.08. The lowest BCUT2D eigenvalue weighted by Crippen LogP contribution is -2.46. The van der Waals surface area contributed by atoms with E-state index in [0.29, 0.717) is 24.2 Å². The molecule has 1 fully saturated rings. The Hall–Kier alpha value is -3.72. The molecular weight excluding hydrogens is 413 g/mol. The zero-order chi connectivity index (χ0) is 22.2. The topological polar surface area (TPSA) is 94.5 Å². The number of pyridine rings is 2. The van der Waals surface area contributed by atoms with Gasteiger partial charge in [0.15, 0.2) is 0 Å². The van der Waals surface area contributed by atoms with E-state index in [1.165, 1.54) is 19.4 Å². The van der Waals surface area contributed by atoms with Crippen molar-refractivity contribution in [2.45, 2.75) is 6.54 Å². The van der Waals surface area contributed by atoms with Crippen LogP contribution in [0.15, 0.2) is 52.1 Å². The van der Waals surface area contributed by atoms with Gasteiger partial charge in [-0.15, -0.1) is 0 Å². The van der Waals surface area contributed by atoms with Crippen LogP contribution in [0, 0.1) is 5.95 Å². The Morgan fingerprint density at radius 1 is 1.12 bits per heavy atom. The quantitative estimate of drug-likeness (QED) is 0.479. The number of nitrogens with zero attached hydrogens (tertiary/aromatic N) is 3. The molecule has 0 radical (unpaired) electrons. The summed E-state index contributed by atoms with van der Waals surface area (Å²) in [5.41, 5.74) is 2.18. The van der Waals surface area contributed by atoms with E-state index in [-0.39, 0.29) is 11.3 Å². The Morgan fingerprint density at radius 2 is 1.91 bits per heavy atom. The number of anilines is 1. The molecule has 9 heteroatoms. The molecule has 0 saturated carbocycles. The van der Waals surface area contributed by atoms with Gasteiger partial charge in [-0.3, -0.25) is 14.5 Å². The van der Waals surface area contributed by atoms with Gasteiger partial charge in [0.05, 0.1) is 17.3 Å². The zero-order valence-corrected chi connectivity index (χ0v) is 17.5. The highest BCUT2D eigenvalue weighted by molar-refractivity contribution is 6.04. The Kier molecular flexibility index (Phi) is 5.10. The van der Waals surface area contributed by atoms with E-state index in [0.717, 1.165) is 41.5 Å². The van der Waals surface area contributed by atoms with Gasteiger partial charge in [0, 0.05) is 56.1 Å². The van der Waals surface area contributed by atoms with Gasteiger partial charge in [0.25, 0.3) is 11.5 Å². The zero-order valence-electron chi connectivity index (χ0n) is 17.5. The van der Waals surface area contributed by atoms with E-state index in [2.05, 4.69) is 26.3 Å². The van der Waals surface area contributed by atoms with E-state index < -0.39 is 11.9 Å². The Bertz CT molecular complexity index is 1370. The number of amides is 1. The lowest BCUT2D eigenvalue weighted by atomic mass is 10.1. The van der Waals surface area contributed by atoms with Gasteiger partial charge in [-0.05, 0) is 23.8 Å². The minimum atomic E-state index is -0.636. The van der Waals surface area contributed by atoms with Gasteiger partial charge in [-0.25, -0.2) is 4.98 Å². The van der Waals surface area contributed by atoms with Crippen LogP contribution in [0.2, 0.25) is 0 Å². The molecule has 1 aromatic carbocycles. The molecule has 2 N–H and O–H groups in total. The van der Waals surface area contributed by atoms with Crippen molar-refractivity contribution in [2.75, 3.05) is 38.1 Å². The molecule has 5 rings (SSSR count). The molecule has 4 heterocycles. The molecule has 4 aromatic rings. The van der Waals surface area contributed by atoms with Crippen molar-refractivity contribution >= 4 is 33.3 Å². The smallest absolute Gasteiger partial charge is 0.269 e. The van der Waals surface area contributed by atoms with Crippen molar-refractivity contribution in [1.82, 2.24) is 20.2 Å². The summed E-state index contributed by atoms with van der Waals surface area (Å²) in [5, 5.41) is 4.75. The minimum Gasteiger partial charge on any atom is -0.471 e. The lowest BCUT2D eigenvalue weighted by molar-refractivity contribution is 0.0957. The van der Waals surface area contributed by atoms with Crippen molar-refractivity contribution in [3.63, 3.8) is 0 Å². The maximum atomic E-state index is 14.5. The van der Waals surface area contributed by atoms with Crippen LogP contribution in [0.4, 0.5) is 10.1 Å². The summed E-state index contributed by atoms with van der Waals surface area (Å²) in [4.78, 5) is 34.8. The van der Waals surface area contributed by atoms with Crippen LogP contribution in [0.5, 0.6) is 0 Å². The van der Waals surface area contributed by atoms with Crippen molar-refractivity contribution in [2.24, 2.45) is 0 Å². The number of aromatic amines is 1. The number of carbonyl (C=O) groups is 1. The van der Waals surface area contributed by atoms with Gasteiger partial charge in [0.1, 0.15) is 12.0 Å². The molecule has 1 amide bonds. The second-order valence-corrected chi connectivity index (χ2v) is 7.88. The fraction of sp³-hybridized carbons (Fsp3) is 0.261.